The van der Waals surface area contributed by atoms with Crippen molar-refractivity contribution in [1.82, 2.24) is 0 Å². The van der Waals surface area contributed by atoms with Gasteiger partial charge in [0.2, 0.25) is 0 Å². The third-order valence-corrected chi connectivity index (χ3v) is 1.76. The van der Waals surface area contributed by atoms with Gasteiger partial charge < -0.3 is 0 Å². The lowest BCUT2D eigenvalue weighted by molar-refractivity contribution is -0.318. The summed E-state index contributed by atoms with van der Waals surface area (Å²) in [6, 6.07) is 0. The topological polar surface area (TPSA) is 17.1 Å². The third kappa shape index (κ3) is 1.30. The molecule has 0 aromatic carbocycles. The molecule has 7 heteroatoms. The van der Waals surface area contributed by atoms with E-state index in [9.17, 15) is 31.1 Å². The Kier molecular flexibility index (Phi) is 1.90. The Morgan fingerprint density at radius 3 is 1.46 bits per heavy atom. The normalized spacial score (nSPS) is 30.2. The fourth-order valence-electron chi connectivity index (χ4n) is 1.05. The van der Waals surface area contributed by atoms with Crippen LogP contribution < -0.4 is 0 Å². The summed E-state index contributed by atoms with van der Waals surface area (Å²) in [4.78, 5) is 10.3. The number of hydrogen-bond acceptors (Lipinski definition) is 1. The molecule has 0 aliphatic heterocycles. The van der Waals surface area contributed by atoms with Crippen LogP contribution in [0.4, 0.5) is 26.3 Å². The molecule has 1 aliphatic carbocycles. The van der Waals surface area contributed by atoms with Crippen molar-refractivity contribution in [2.24, 2.45) is 0 Å². The molecular formula is C6H4F6O. The first-order valence-electron chi connectivity index (χ1n) is 3.25. The van der Waals surface area contributed by atoms with Crippen LogP contribution in [-0.2, 0) is 4.79 Å². The number of alkyl halides is 6. The van der Waals surface area contributed by atoms with Crippen LogP contribution in [0.1, 0.15) is 12.8 Å². The van der Waals surface area contributed by atoms with Gasteiger partial charge in [-0.3, -0.25) is 4.79 Å². The molecule has 0 heterocycles. The molecule has 1 rings (SSSR count). The number of hydrogen-bond donors (Lipinski definition) is 0. The van der Waals surface area contributed by atoms with Gasteiger partial charge in [0, 0.05) is 0 Å². The molecule has 1 fully saturated rings. The third-order valence-electron chi connectivity index (χ3n) is 1.76. The number of ketones is 1. The monoisotopic (exact) mass is 206 g/mol. The Morgan fingerprint density at radius 1 is 0.846 bits per heavy atom. The first kappa shape index (κ1) is 10.3. The van der Waals surface area contributed by atoms with Gasteiger partial charge in [0.25, 0.3) is 0 Å². The molecule has 0 atom stereocenters. The van der Waals surface area contributed by atoms with E-state index in [1.54, 1.807) is 0 Å². The van der Waals surface area contributed by atoms with E-state index >= 15 is 0 Å². The van der Waals surface area contributed by atoms with Gasteiger partial charge in [-0.05, 0) is 0 Å². The van der Waals surface area contributed by atoms with Gasteiger partial charge in [0.1, 0.15) is 5.78 Å². The van der Waals surface area contributed by atoms with E-state index in [-0.39, 0.29) is 0 Å². The van der Waals surface area contributed by atoms with E-state index in [0.717, 1.165) is 0 Å². The van der Waals surface area contributed by atoms with Gasteiger partial charge in [0.05, 0.1) is 12.8 Å². The van der Waals surface area contributed by atoms with Crippen LogP contribution in [0.15, 0.2) is 0 Å². The van der Waals surface area contributed by atoms with Crippen LogP contribution >= 0.6 is 0 Å². The number of Topliss-reactive ketones (excluding diaryl/α,β-unsaturated/α-hetero) is 1. The van der Waals surface area contributed by atoms with E-state index in [1.807, 2.05) is 0 Å². The van der Waals surface area contributed by atoms with Crippen LogP contribution in [-0.4, -0.2) is 23.6 Å². The summed E-state index contributed by atoms with van der Waals surface area (Å²) in [6.45, 7) is 0. The molecule has 0 N–H and O–H groups in total. The molecule has 1 saturated carbocycles. The summed E-state index contributed by atoms with van der Waals surface area (Å²) >= 11 is 0. The number of halogens is 6. The maximum atomic E-state index is 12.3. The number of rotatable bonds is 0. The molecule has 0 aromatic heterocycles. The molecule has 0 bridgehead atoms. The SMILES string of the molecule is O=C1CC(F)(F)C(F)(F)C(F)(F)C1. The maximum absolute atomic E-state index is 12.3. The van der Waals surface area contributed by atoms with Crippen molar-refractivity contribution in [3.8, 4) is 0 Å². The second-order valence-electron chi connectivity index (χ2n) is 2.88. The fourth-order valence-corrected chi connectivity index (χ4v) is 1.05. The van der Waals surface area contributed by atoms with Gasteiger partial charge in [0.15, 0.2) is 0 Å². The van der Waals surface area contributed by atoms with Crippen LogP contribution in [0.25, 0.3) is 0 Å². The quantitative estimate of drug-likeness (QED) is 0.555. The zero-order valence-corrected chi connectivity index (χ0v) is 6.09. The van der Waals surface area contributed by atoms with Gasteiger partial charge >= 0.3 is 17.8 Å². The number of carbonyl (C=O) groups is 1. The van der Waals surface area contributed by atoms with E-state index in [0.29, 0.717) is 0 Å². The molecule has 1 aliphatic rings. The Balaban J connectivity index is 3.10. The first-order chi connectivity index (χ1) is 5.60. The maximum Gasteiger partial charge on any atom is 0.372 e. The first-order valence-corrected chi connectivity index (χ1v) is 3.25. The van der Waals surface area contributed by atoms with Crippen LogP contribution in [0, 0.1) is 0 Å². The lowest BCUT2D eigenvalue weighted by Crippen LogP contribution is -2.59. The predicted octanol–water partition coefficient (Wildman–Crippen LogP) is 2.26. The Hall–Kier alpha value is -0.750. The second kappa shape index (κ2) is 2.39. The highest BCUT2D eigenvalue weighted by molar-refractivity contribution is 5.81. The molecular weight excluding hydrogens is 202 g/mol. The molecule has 0 amide bonds. The predicted molar refractivity (Wildman–Crippen MR) is 29.1 cm³/mol. The van der Waals surface area contributed by atoms with Crippen molar-refractivity contribution in [1.29, 1.82) is 0 Å². The Bertz CT molecular complexity index is 224. The minimum absolute atomic E-state index is 1.55. The van der Waals surface area contributed by atoms with Crippen LogP contribution in [0.5, 0.6) is 0 Å². The Morgan fingerprint density at radius 2 is 1.15 bits per heavy atom. The van der Waals surface area contributed by atoms with Crippen molar-refractivity contribution in [3.63, 3.8) is 0 Å². The average Bonchev–Trinajstić information content (AvgIpc) is 1.80. The molecule has 76 valence electrons. The minimum atomic E-state index is -5.44. The fraction of sp³-hybridized carbons (Fsp3) is 0.833. The largest absolute Gasteiger partial charge is 0.372 e. The standard InChI is InChI=1S/C6H4F6O/c7-4(8)1-3(13)2-5(9,10)6(4,11)12/h1-2H2. The van der Waals surface area contributed by atoms with Crippen LogP contribution in [0.2, 0.25) is 0 Å². The van der Waals surface area contributed by atoms with Crippen molar-refractivity contribution in [2.75, 3.05) is 0 Å². The smallest absolute Gasteiger partial charge is 0.299 e. The van der Waals surface area contributed by atoms with Crippen molar-refractivity contribution >= 4 is 5.78 Å². The highest BCUT2D eigenvalue weighted by Gasteiger charge is 2.74. The highest BCUT2D eigenvalue weighted by Crippen LogP contribution is 2.52. The van der Waals surface area contributed by atoms with Gasteiger partial charge in [-0.25, -0.2) is 0 Å². The zero-order chi connectivity index (χ0) is 10.5. The van der Waals surface area contributed by atoms with E-state index in [4.69, 9.17) is 0 Å². The molecule has 0 spiro atoms. The average molecular weight is 206 g/mol. The minimum Gasteiger partial charge on any atom is -0.299 e. The molecule has 0 radical (unpaired) electrons. The Labute approximate surface area is 68.7 Å². The van der Waals surface area contributed by atoms with E-state index in [1.165, 1.54) is 0 Å². The summed E-state index contributed by atoms with van der Waals surface area (Å²) in [5.41, 5.74) is 0. The second-order valence-corrected chi connectivity index (χ2v) is 2.88. The zero-order valence-electron chi connectivity index (χ0n) is 6.09. The van der Waals surface area contributed by atoms with E-state index in [2.05, 4.69) is 0 Å². The number of carbonyl (C=O) groups excluding carboxylic acids is 1. The molecule has 13 heavy (non-hydrogen) atoms. The molecule has 0 unspecified atom stereocenters. The summed E-state index contributed by atoms with van der Waals surface area (Å²) < 4.78 is 73.7. The van der Waals surface area contributed by atoms with Gasteiger partial charge in [-0.2, -0.15) is 26.3 Å². The molecule has 0 aromatic rings. The highest BCUT2D eigenvalue weighted by atomic mass is 19.3. The summed E-state index contributed by atoms with van der Waals surface area (Å²) in [5.74, 6) is -16.9. The van der Waals surface area contributed by atoms with Gasteiger partial charge in [-0.1, -0.05) is 0 Å². The lowest BCUT2D eigenvalue weighted by Gasteiger charge is -2.36. The van der Waals surface area contributed by atoms with Crippen molar-refractivity contribution in [3.05, 3.63) is 0 Å². The summed E-state index contributed by atoms with van der Waals surface area (Å²) in [6.07, 6.45) is -3.65. The van der Waals surface area contributed by atoms with Gasteiger partial charge in [-0.15, -0.1) is 0 Å². The van der Waals surface area contributed by atoms with Crippen LogP contribution in [0.3, 0.4) is 0 Å². The van der Waals surface area contributed by atoms with Crippen molar-refractivity contribution in [2.45, 2.75) is 30.6 Å². The lowest BCUT2D eigenvalue weighted by atomic mass is 9.88. The van der Waals surface area contributed by atoms with Crippen molar-refractivity contribution < 1.29 is 31.1 Å². The summed E-state index contributed by atoms with van der Waals surface area (Å²) in [7, 11) is 0. The summed E-state index contributed by atoms with van der Waals surface area (Å²) in [5, 5.41) is 0. The molecule has 1 nitrogen and oxygen atoms in total. The molecule has 0 saturated heterocycles. The van der Waals surface area contributed by atoms with E-state index < -0.39 is 36.4 Å².